The van der Waals surface area contributed by atoms with Crippen molar-refractivity contribution in [2.24, 2.45) is 0 Å². The third kappa shape index (κ3) is 4.47. The van der Waals surface area contributed by atoms with E-state index in [4.69, 9.17) is 16.3 Å². The van der Waals surface area contributed by atoms with Gasteiger partial charge >= 0.3 is 0 Å². The smallest absolute Gasteiger partial charge is 0.270 e. The minimum Gasteiger partial charge on any atom is -0.481 e. The Kier molecular flexibility index (Phi) is 6.42. The minimum atomic E-state index is -0.551. The van der Waals surface area contributed by atoms with Gasteiger partial charge < -0.3 is 15.2 Å². The number of halogens is 1. The number of aromatic amines is 1. The van der Waals surface area contributed by atoms with Crippen LogP contribution in [-0.2, 0) is 13.1 Å². The van der Waals surface area contributed by atoms with Gasteiger partial charge in [0.25, 0.3) is 5.56 Å². The lowest BCUT2D eigenvalue weighted by Crippen LogP contribution is -2.53. The molecule has 0 aliphatic carbocycles. The summed E-state index contributed by atoms with van der Waals surface area (Å²) in [6.07, 6.45) is 4.84. The number of pyridine rings is 2. The second-order valence-corrected chi connectivity index (χ2v) is 8.71. The average Bonchev–Trinajstić information content (AvgIpc) is 3.35. The molecule has 34 heavy (non-hydrogen) atoms. The lowest BCUT2D eigenvalue weighted by Gasteiger charge is -2.36. The number of H-pyrrole nitrogens is 1. The second-order valence-electron chi connectivity index (χ2n) is 8.30. The first-order valence-electron chi connectivity index (χ1n) is 11.0. The molecule has 0 saturated carbocycles. The molecule has 1 aliphatic rings. The predicted octanol–water partition coefficient (Wildman–Crippen LogP) is 0.950. The molecule has 0 amide bonds. The van der Waals surface area contributed by atoms with Crippen LogP contribution in [0.2, 0.25) is 5.02 Å². The number of rotatable bonds is 7. The van der Waals surface area contributed by atoms with E-state index in [0.29, 0.717) is 48.2 Å². The van der Waals surface area contributed by atoms with Crippen LogP contribution < -0.4 is 15.6 Å². The molecule has 0 unspecified atom stereocenters. The van der Waals surface area contributed by atoms with Crippen molar-refractivity contribution >= 4 is 33.7 Å². The van der Waals surface area contributed by atoms with Crippen LogP contribution >= 0.6 is 11.6 Å². The Morgan fingerprint density at radius 1 is 1.26 bits per heavy atom. The van der Waals surface area contributed by atoms with Crippen molar-refractivity contribution < 1.29 is 9.84 Å². The van der Waals surface area contributed by atoms with Gasteiger partial charge in [-0.3, -0.25) is 24.3 Å². The molecule has 11 nitrogen and oxygen atoms in total. The van der Waals surface area contributed by atoms with Crippen LogP contribution in [0.1, 0.15) is 12.1 Å². The van der Waals surface area contributed by atoms with E-state index in [9.17, 15) is 9.90 Å². The number of nitrogens with one attached hydrogen (secondary N) is 2. The number of hydrogen-bond donors (Lipinski definition) is 3. The van der Waals surface area contributed by atoms with Crippen LogP contribution in [0.25, 0.3) is 22.1 Å². The van der Waals surface area contributed by atoms with Crippen LogP contribution in [0.15, 0.2) is 35.5 Å². The first kappa shape index (κ1) is 22.7. The van der Waals surface area contributed by atoms with Gasteiger partial charge in [0.2, 0.25) is 5.88 Å². The summed E-state index contributed by atoms with van der Waals surface area (Å²) in [5.74, 6) is 0.429. The van der Waals surface area contributed by atoms with Gasteiger partial charge in [0.15, 0.2) is 5.65 Å². The summed E-state index contributed by atoms with van der Waals surface area (Å²) >= 11 is 6.15. The average molecular weight is 485 g/mol. The molecule has 12 heteroatoms. The normalized spacial score (nSPS) is 19.1. The largest absolute Gasteiger partial charge is 0.481 e. The van der Waals surface area contributed by atoms with Gasteiger partial charge in [0.1, 0.15) is 5.52 Å². The van der Waals surface area contributed by atoms with Crippen molar-refractivity contribution in [3.63, 3.8) is 0 Å². The number of nitrogens with zero attached hydrogens (tertiary/aromatic N) is 6. The van der Waals surface area contributed by atoms with Gasteiger partial charge in [-0.05, 0) is 19.0 Å². The zero-order valence-electron chi connectivity index (χ0n) is 18.6. The summed E-state index contributed by atoms with van der Waals surface area (Å²) in [5.41, 5.74) is 2.49. The molecule has 1 aliphatic heterocycles. The maximum Gasteiger partial charge on any atom is 0.270 e. The Balaban J connectivity index is 1.20. The highest BCUT2D eigenvalue weighted by Crippen LogP contribution is 2.23. The number of likely N-dealkylation sites (tertiary alicyclic amines) is 1. The van der Waals surface area contributed by atoms with Crippen LogP contribution in [0, 0.1) is 0 Å². The molecule has 5 heterocycles. The summed E-state index contributed by atoms with van der Waals surface area (Å²) < 4.78 is 6.80. The third-order valence-electron chi connectivity index (χ3n) is 6.23. The molecule has 2 atom stereocenters. The number of ether oxygens (including phenoxy) is 1. The Labute approximate surface area is 199 Å². The van der Waals surface area contributed by atoms with E-state index in [-0.39, 0.29) is 11.6 Å². The number of hydrogen-bond acceptors (Lipinski definition) is 9. The zero-order chi connectivity index (χ0) is 23.7. The van der Waals surface area contributed by atoms with E-state index in [1.807, 2.05) is 0 Å². The molecule has 1 fully saturated rings. The highest BCUT2D eigenvalue weighted by molar-refractivity contribution is 6.34. The van der Waals surface area contributed by atoms with E-state index < -0.39 is 6.10 Å². The van der Waals surface area contributed by atoms with E-state index >= 15 is 0 Å². The fraction of sp³-hybridized carbons (Fsp3) is 0.409. The maximum atomic E-state index is 12.5. The first-order chi connectivity index (χ1) is 16.5. The fourth-order valence-electron chi connectivity index (χ4n) is 4.36. The topological polar surface area (TPSA) is 134 Å². The van der Waals surface area contributed by atoms with Crippen molar-refractivity contribution in [3.8, 4) is 5.88 Å². The zero-order valence-corrected chi connectivity index (χ0v) is 19.4. The van der Waals surface area contributed by atoms with Gasteiger partial charge in [-0.25, -0.2) is 4.98 Å². The number of aliphatic hydroxyl groups excluding tert-OH is 1. The van der Waals surface area contributed by atoms with Gasteiger partial charge in [0, 0.05) is 49.9 Å². The second kappa shape index (κ2) is 9.63. The van der Waals surface area contributed by atoms with Crippen molar-refractivity contribution in [1.29, 1.82) is 0 Å². The molecule has 0 spiro atoms. The van der Waals surface area contributed by atoms with Gasteiger partial charge in [-0.15, -0.1) is 0 Å². The third-order valence-corrected chi connectivity index (χ3v) is 6.52. The van der Waals surface area contributed by atoms with Crippen LogP contribution in [0.3, 0.4) is 0 Å². The van der Waals surface area contributed by atoms with Crippen molar-refractivity contribution in [3.05, 3.63) is 51.8 Å². The molecular formula is C22H25ClN8O3. The summed E-state index contributed by atoms with van der Waals surface area (Å²) in [5, 5.41) is 22.5. The van der Waals surface area contributed by atoms with Crippen molar-refractivity contribution in [2.75, 3.05) is 26.7 Å². The van der Waals surface area contributed by atoms with Crippen molar-refractivity contribution in [2.45, 2.75) is 31.7 Å². The Morgan fingerprint density at radius 3 is 2.97 bits per heavy atom. The number of aliphatic hydroxyl groups is 1. The number of aromatic nitrogens is 6. The van der Waals surface area contributed by atoms with Gasteiger partial charge in [0.05, 0.1) is 41.8 Å². The van der Waals surface area contributed by atoms with Crippen LogP contribution in [0.4, 0.5) is 0 Å². The molecule has 5 rings (SSSR count). The minimum absolute atomic E-state index is 0.0638. The Hall–Kier alpha value is -3.12. The lowest BCUT2D eigenvalue weighted by atomic mass is 10.0. The molecule has 4 aromatic rings. The van der Waals surface area contributed by atoms with Crippen LogP contribution in [-0.4, -0.2) is 78.6 Å². The number of methoxy groups -OCH3 is 1. The predicted molar refractivity (Wildman–Crippen MR) is 127 cm³/mol. The molecule has 0 bridgehead atoms. The van der Waals surface area contributed by atoms with Gasteiger partial charge in [-0.1, -0.05) is 11.6 Å². The number of β-amino-alcohol motifs (C(OH)–C–C–N with tert-alkyl or cyclic N) is 1. The van der Waals surface area contributed by atoms with Crippen LogP contribution in [0.5, 0.6) is 5.88 Å². The fourth-order valence-corrected chi connectivity index (χ4v) is 4.55. The summed E-state index contributed by atoms with van der Waals surface area (Å²) in [6.45, 7) is 2.84. The highest BCUT2D eigenvalue weighted by Gasteiger charge is 2.27. The number of fused-ring (bicyclic) bond motifs is 2. The maximum absolute atomic E-state index is 12.5. The molecule has 0 radical (unpaired) electrons. The Bertz CT molecular complexity index is 1370. The number of piperidine rings is 1. The quantitative estimate of drug-likeness (QED) is 0.350. The standard InChI is InChI=1S/C22H25ClN8O3/c1-34-19-3-2-16-22(28-19)31(20(33)11-26-16)7-6-30-5-4-15(18(32)12-30)25-10-17-13-8-27-29-21(13)14(23)9-24-17/h2-3,8-9,11,15,18,25,32H,4-7,10,12H2,1H3,(H,27,29)/t15-,18+/m0/s1. The lowest BCUT2D eigenvalue weighted by molar-refractivity contribution is 0.0385. The molecule has 0 aromatic carbocycles. The SMILES string of the molecule is COc1ccc2ncc(=O)n(CCN3CC[C@H](NCc4ncc(Cl)c5[nH]ncc45)[C@H](O)C3)c2n1. The summed E-state index contributed by atoms with van der Waals surface area (Å²) in [7, 11) is 1.54. The van der Waals surface area contributed by atoms with E-state index in [0.717, 1.165) is 29.6 Å². The first-order valence-corrected chi connectivity index (χ1v) is 11.4. The molecular weight excluding hydrogens is 460 g/mol. The Morgan fingerprint density at radius 2 is 2.15 bits per heavy atom. The molecule has 4 aromatic heterocycles. The molecule has 178 valence electrons. The van der Waals surface area contributed by atoms with E-state index in [1.54, 1.807) is 29.1 Å². The highest BCUT2D eigenvalue weighted by atomic mass is 35.5. The van der Waals surface area contributed by atoms with Gasteiger partial charge in [-0.2, -0.15) is 10.1 Å². The van der Waals surface area contributed by atoms with E-state index in [1.165, 1.54) is 13.3 Å². The molecule has 1 saturated heterocycles. The summed E-state index contributed by atoms with van der Waals surface area (Å²) in [4.78, 5) is 27.6. The monoisotopic (exact) mass is 484 g/mol. The van der Waals surface area contributed by atoms with Crippen molar-refractivity contribution in [1.82, 2.24) is 39.9 Å². The van der Waals surface area contributed by atoms with E-state index in [2.05, 4.69) is 35.4 Å². The summed E-state index contributed by atoms with van der Waals surface area (Å²) in [6, 6.07) is 3.44. The molecule has 3 N–H and O–H groups in total.